The Morgan fingerprint density at radius 2 is 2.29 bits per heavy atom. The highest BCUT2D eigenvalue weighted by atomic mass is 32.1. The molecule has 0 aromatic carbocycles. The Bertz CT molecular complexity index is 411. The summed E-state index contributed by atoms with van der Waals surface area (Å²) in [4.78, 5) is 14.9. The van der Waals surface area contributed by atoms with E-state index in [1.165, 1.54) is 4.88 Å². The van der Waals surface area contributed by atoms with Crippen molar-refractivity contribution in [1.29, 1.82) is 0 Å². The molecule has 2 heterocycles. The van der Waals surface area contributed by atoms with Gasteiger partial charge >= 0.3 is 0 Å². The maximum Gasteiger partial charge on any atom is 0.222 e. The summed E-state index contributed by atoms with van der Waals surface area (Å²) in [6, 6.07) is 5.95. The molecule has 0 fully saturated rings. The molecular formula is C13H15NO2S. The third kappa shape index (κ3) is 3.20. The minimum atomic E-state index is 0.166. The summed E-state index contributed by atoms with van der Waals surface area (Å²) >= 11 is 1.67. The summed E-state index contributed by atoms with van der Waals surface area (Å²) < 4.78 is 5.03. The highest BCUT2D eigenvalue weighted by Crippen LogP contribution is 2.15. The molecule has 0 bridgehead atoms. The molecule has 0 atom stereocenters. The average Bonchev–Trinajstić information content (AvgIpc) is 3.00. The van der Waals surface area contributed by atoms with Crippen molar-refractivity contribution in [3.63, 3.8) is 0 Å². The highest BCUT2D eigenvalue weighted by Gasteiger charge is 2.13. The van der Waals surface area contributed by atoms with Gasteiger partial charge in [0.25, 0.3) is 0 Å². The van der Waals surface area contributed by atoms with Gasteiger partial charge in [0, 0.05) is 23.4 Å². The van der Waals surface area contributed by atoms with Crippen LogP contribution in [-0.4, -0.2) is 10.8 Å². The molecule has 0 N–H and O–H groups in total. The van der Waals surface area contributed by atoms with Crippen LogP contribution in [0.25, 0.3) is 0 Å². The molecule has 0 aliphatic heterocycles. The molecule has 2 rings (SSSR count). The molecule has 1 amide bonds. The number of amides is 1. The van der Waals surface area contributed by atoms with Crippen molar-refractivity contribution in [2.24, 2.45) is 0 Å². The van der Waals surface area contributed by atoms with E-state index in [9.17, 15) is 4.79 Å². The van der Waals surface area contributed by atoms with Gasteiger partial charge in [0.2, 0.25) is 5.91 Å². The zero-order valence-electron chi connectivity index (χ0n) is 9.76. The first kappa shape index (κ1) is 11.9. The number of thiophene rings is 1. The van der Waals surface area contributed by atoms with Crippen molar-refractivity contribution >= 4 is 17.2 Å². The Kier molecular flexibility index (Phi) is 3.98. The second kappa shape index (κ2) is 5.68. The number of carbonyl (C=O) groups excluding carboxylic acids is 1. The minimum absolute atomic E-state index is 0.166. The lowest BCUT2D eigenvalue weighted by molar-refractivity contribution is -0.132. The lowest BCUT2D eigenvalue weighted by atomic mass is 10.2. The fourth-order valence-electron chi connectivity index (χ4n) is 1.65. The first-order valence-corrected chi connectivity index (χ1v) is 6.48. The van der Waals surface area contributed by atoms with Crippen molar-refractivity contribution in [2.75, 3.05) is 0 Å². The first-order chi connectivity index (χ1) is 8.29. The maximum absolute atomic E-state index is 11.9. The summed E-state index contributed by atoms with van der Waals surface area (Å²) in [5, 5.41) is 2.03. The van der Waals surface area contributed by atoms with E-state index in [4.69, 9.17) is 4.42 Å². The summed E-state index contributed by atoms with van der Waals surface area (Å²) in [6.45, 7) is 3.18. The largest absolute Gasteiger partial charge is 0.472 e. The molecule has 0 radical (unpaired) electrons. The standard InChI is InChI=1S/C13H15NO2S/c1-2-13(15)14(8-11-5-6-16-10-11)9-12-4-3-7-17-12/h3-7,10H,2,8-9H2,1H3. The molecule has 0 saturated heterocycles. The summed E-state index contributed by atoms with van der Waals surface area (Å²) in [6.07, 6.45) is 3.85. The third-order valence-electron chi connectivity index (χ3n) is 2.54. The van der Waals surface area contributed by atoms with Crippen LogP contribution < -0.4 is 0 Å². The van der Waals surface area contributed by atoms with Crippen LogP contribution in [0.4, 0.5) is 0 Å². The van der Waals surface area contributed by atoms with Crippen LogP contribution in [0.5, 0.6) is 0 Å². The Morgan fingerprint density at radius 1 is 1.41 bits per heavy atom. The van der Waals surface area contributed by atoms with Crippen LogP contribution in [0, 0.1) is 0 Å². The molecule has 2 aromatic heterocycles. The average molecular weight is 249 g/mol. The molecule has 0 spiro atoms. The van der Waals surface area contributed by atoms with Crippen LogP contribution in [0.15, 0.2) is 40.5 Å². The summed E-state index contributed by atoms with van der Waals surface area (Å²) in [5.74, 6) is 0.166. The van der Waals surface area contributed by atoms with E-state index in [1.54, 1.807) is 23.9 Å². The van der Waals surface area contributed by atoms with E-state index >= 15 is 0 Å². The quantitative estimate of drug-likeness (QED) is 0.814. The molecule has 0 aliphatic rings. The van der Waals surface area contributed by atoms with Crippen LogP contribution in [0.2, 0.25) is 0 Å². The smallest absolute Gasteiger partial charge is 0.222 e. The second-order valence-corrected chi connectivity index (χ2v) is 4.85. The number of carbonyl (C=O) groups is 1. The molecule has 90 valence electrons. The highest BCUT2D eigenvalue weighted by molar-refractivity contribution is 7.09. The van der Waals surface area contributed by atoms with Crippen LogP contribution in [0.1, 0.15) is 23.8 Å². The van der Waals surface area contributed by atoms with Crippen LogP contribution in [0.3, 0.4) is 0 Å². The van der Waals surface area contributed by atoms with E-state index in [0.29, 0.717) is 19.5 Å². The molecule has 0 unspecified atom stereocenters. The van der Waals surface area contributed by atoms with Crippen molar-refractivity contribution in [1.82, 2.24) is 4.90 Å². The minimum Gasteiger partial charge on any atom is -0.472 e. The lowest BCUT2D eigenvalue weighted by Crippen LogP contribution is -2.28. The van der Waals surface area contributed by atoms with Crippen molar-refractivity contribution < 1.29 is 9.21 Å². The molecule has 0 aliphatic carbocycles. The van der Waals surface area contributed by atoms with Gasteiger partial charge in [-0.1, -0.05) is 13.0 Å². The van der Waals surface area contributed by atoms with Crippen molar-refractivity contribution in [2.45, 2.75) is 26.4 Å². The van der Waals surface area contributed by atoms with Crippen molar-refractivity contribution in [3.05, 3.63) is 46.5 Å². The number of rotatable bonds is 5. The zero-order valence-corrected chi connectivity index (χ0v) is 10.6. The Balaban J connectivity index is 2.05. The van der Waals surface area contributed by atoms with Gasteiger partial charge in [-0.15, -0.1) is 11.3 Å². The van der Waals surface area contributed by atoms with Gasteiger partial charge < -0.3 is 9.32 Å². The van der Waals surface area contributed by atoms with E-state index < -0.39 is 0 Å². The zero-order chi connectivity index (χ0) is 12.1. The van der Waals surface area contributed by atoms with Crippen molar-refractivity contribution in [3.8, 4) is 0 Å². The predicted octanol–water partition coefficient (Wildman–Crippen LogP) is 3.28. The summed E-state index contributed by atoms with van der Waals surface area (Å²) in [5.41, 5.74) is 1.03. The third-order valence-corrected chi connectivity index (χ3v) is 3.40. The molecule has 2 aromatic rings. The van der Waals surface area contributed by atoms with Gasteiger partial charge in [-0.25, -0.2) is 0 Å². The molecule has 0 saturated carbocycles. The molecule has 17 heavy (non-hydrogen) atoms. The monoisotopic (exact) mass is 249 g/mol. The fraction of sp³-hybridized carbons (Fsp3) is 0.308. The topological polar surface area (TPSA) is 33.5 Å². The van der Waals surface area contributed by atoms with E-state index in [0.717, 1.165) is 5.56 Å². The number of hydrogen-bond acceptors (Lipinski definition) is 3. The van der Waals surface area contributed by atoms with E-state index in [-0.39, 0.29) is 5.91 Å². The van der Waals surface area contributed by atoms with Gasteiger partial charge in [0.15, 0.2) is 0 Å². The lowest BCUT2D eigenvalue weighted by Gasteiger charge is -2.20. The first-order valence-electron chi connectivity index (χ1n) is 5.61. The number of nitrogens with zero attached hydrogens (tertiary/aromatic N) is 1. The van der Waals surface area contributed by atoms with Gasteiger partial charge in [-0.2, -0.15) is 0 Å². The normalized spacial score (nSPS) is 10.4. The number of hydrogen-bond donors (Lipinski definition) is 0. The van der Waals surface area contributed by atoms with Crippen LogP contribution >= 0.6 is 11.3 Å². The summed E-state index contributed by atoms with van der Waals surface area (Å²) in [7, 11) is 0. The van der Waals surface area contributed by atoms with Gasteiger partial charge in [0.05, 0.1) is 19.1 Å². The van der Waals surface area contributed by atoms with E-state index in [2.05, 4.69) is 6.07 Å². The predicted molar refractivity (Wildman–Crippen MR) is 67.6 cm³/mol. The fourth-order valence-corrected chi connectivity index (χ4v) is 2.37. The Morgan fingerprint density at radius 3 is 2.88 bits per heavy atom. The van der Waals surface area contributed by atoms with Gasteiger partial charge in [-0.05, 0) is 17.5 Å². The molecule has 3 nitrogen and oxygen atoms in total. The Labute approximate surface area is 105 Å². The molecular weight excluding hydrogens is 234 g/mol. The van der Waals surface area contributed by atoms with Crippen LogP contribution in [-0.2, 0) is 17.9 Å². The van der Waals surface area contributed by atoms with Gasteiger partial charge in [-0.3, -0.25) is 4.79 Å². The molecule has 4 heteroatoms. The second-order valence-electron chi connectivity index (χ2n) is 3.81. The van der Waals surface area contributed by atoms with Gasteiger partial charge in [0.1, 0.15) is 0 Å². The van der Waals surface area contributed by atoms with E-state index in [1.807, 2.05) is 29.3 Å². The number of furan rings is 1. The SMILES string of the molecule is CCC(=O)N(Cc1ccoc1)Cc1cccs1. The Hall–Kier alpha value is -1.55. The maximum atomic E-state index is 11.9.